The average Bonchev–Trinajstić information content (AvgIpc) is 3.60. The highest BCUT2D eigenvalue weighted by Crippen LogP contribution is 2.48. The molecule has 0 amide bonds. The third kappa shape index (κ3) is 6.67. The first-order valence-electron chi connectivity index (χ1n) is 13.1. The molecule has 2 atom stereocenters. The van der Waals surface area contributed by atoms with E-state index in [1.54, 1.807) is 4.31 Å². The summed E-state index contributed by atoms with van der Waals surface area (Å²) in [6, 6.07) is 0. The quantitative estimate of drug-likeness (QED) is 0.482. The van der Waals surface area contributed by atoms with E-state index >= 15 is 0 Å². The zero-order chi connectivity index (χ0) is 23.3. The molecule has 33 heavy (non-hydrogen) atoms. The second kappa shape index (κ2) is 11.5. The number of hydrogen-bond donors (Lipinski definition) is 0. The van der Waals surface area contributed by atoms with Crippen molar-refractivity contribution in [3.63, 3.8) is 0 Å². The fourth-order valence-electron chi connectivity index (χ4n) is 5.62. The SMILES string of the molecule is CCCc1cnc(N2CCC(C3CC3COCC3CCN(S(=O)(=O)CCC)CC3)CC2)nc1. The fourth-order valence-corrected chi connectivity index (χ4v) is 7.17. The van der Waals surface area contributed by atoms with Gasteiger partial charge in [-0.05, 0) is 74.2 Å². The van der Waals surface area contributed by atoms with E-state index in [1.807, 2.05) is 19.3 Å². The van der Waals surface area contributed by atoms with Gasteiger partial charge in [0.1, 0.15) is 0 Å². The van der Waals surface area contributed by atoms with Gasteiger partial charge in [-0.15, -0.1) is 0 Å². The average molecular weight is 479 g/mol. The van der Waals surface area contributed by atoms with Crippen molar-refractivity contribution in [2.24, 2.45) is 23.7 Å². The van der Waals surface area contributed by atoms with Crippen molar-refractivity contribution in [2.75, 3.05) is 50.0 Å². The van der Waals surface area contributed by atoms with Gasteiger partial charge in [-0.1, -0.05) is 20.3 Å². The van der Waals surface area contributed by atoms with Crippen molar-refractivity contribution in [1.29, 1.82) is 0 Å². The van der Waals surface area contributed by atoms with Gasteiger partial charge in [0.05, 0.1) is 5.75 Å². The second-order valence-corrected chi connectivity index (χ2v) is 12.4. The Balaban J connectivity index is 1.10. The van der Waals surface area contributed by atoms with E-state index in [0.29, 0.717) is 25.4 Å². The molecular weight excluding hydrogens is 436 g/mol. The van der Waals surface area contributed by atoms with Crippen molar-refractivity contribution in [2.45, 2.75) is 65.2 Å². The molecule has 8 heteroatoms. The molecule has 0 bridgehead atoms. The third-order valence-electron chi connectivity index (χ3n) is 7.75. The lowest BCUT2D eigenvalue weighted by Gasteiger charge is -2.32. The summed E-state index contributed by atoms with van der Waals surface area (Å²) in [5, 5.41) is 0. The van der Waals surface area contributed by atoms with Crippen LogP contribution >= 0.6 is 0 Å². The van der Waals surface area contributed by atoms with Gasteiger partial charge in [0.15, 0.2) is 0 Å². The number of hydrogen-bond acceptors (Lipinski definition) is 6. The molecule has 1 aromatic rings. The van der Waals surface area contributed by atoms with E-state index in [9.17, 15) is 8.42 Å². The van der Waals surface area contributed by atoms with Gasteiger partial charge in [-0.3, -0.25) is 0 Å². The summed E-state index contributed by atoms with van der Waals surface area (Å²) in [6.45, 7) is 9.20. The van der Waals surface area contributed by atoms with Crippen molar-refractivity contribution >= 4 is 16.0 Å². The van der Waals surface area contributed by atoms with Gasteiger partial charge in [0.2, 0.25) is 16.0 Å². The minimum Gasteiger partial charge on any atom is -0.381 e. The molecule has 2 aliphatic heterocycles. The van der Waals surface area contributed by atoms with Crippen molar-refractivity contribution < 1.29 is 13.2 Å². The van der Waals surface area contributed by atoms with E-state index < -0.39 is 10.0 Å². The molecule has 0 N–H and O–H groups in total. The fraction of sp³-hybridized carbons (Fsp3) is 0.840. The molecule has 7 nitrogen and oxygen atoms in total. The number of rotatable bonds is 11. The third-order valence-corrected chi connectivity index (χ3v) is 9.83. The highest BCUT2D eigenvalue weighted by Gasteiger charge is 2.43. The summed E-state index contributed by atoms with van der Waals surface area (Å²) in [4.78, 5) is 11.5. The summed E-state index contributed by atoms with van der Waals surface area (Å²) >= 11 is 0. The van der Waals surface area contributed by atoms with Crippen molar-refractivity contribution in [3.8, 4) is 0 Å². The van der Waals surface area contributed by atoms with E-state index in [4.69, 9.17) is 4.74 Å². The molecule has 2 saturated heterocycles. The van der Waals surface area contributed by atoms with Crippen LogP contribution in [0, 0.1) is 23.7 Å². The van der Waals surface area contributed by atoms with Gasteiger partial charge in [-0.2, -0.15) is 0 Å². The van der Waals surface area contributed by atoms with Crippen LogP contribution in [-0.4, -0.2) is 67.8 Å². The Hall–Kier alpha value is -1.25. The van der Waals surface area contributed by atoms with Crippen LogP contribution in [0.4, 0.5) is 5.95 Å². The molecular formula is C25H42N4O3S. The summed E-state index contributed by atoms with van der Waals surface area (Å²) in [6.07, 6.45) is 12.5. The first-order valence-corrected chi connectivity index (χ1v) is 14.7. The van der Waals surface area contributed by atoms with Crippen LogP contribution in [0.1, 0.15) is 64.4 Å². The normalized spacial score (nSPS) is 25.5. The van der Waals surface area contributed by atoms with Gasteiger partial charge in [0, 0.05) is 51.8 Å². The minimum absolute atomic E-state index is 0.272. The van der Waals surface area contributed by atoms with Gasteiger partial charge < -0.3 is 9.64 Å². The number of aromatic nitrogens is 2. The molecule has 0 spiro atoms. The molecule has 2 unspecified atom stereocenters. The molecule has 1 aliphatic carbocycles. The molecule has 186 valence electrons. The Morgan fingerprint density at radius 1 is 0.970 bits per heavy atom. The Kier molecular flexibility index (Phi) is 8.63. The number of piperidine rings is 2. The topological polar surface area (TPSA) is 75.6 Å². The van der Waals surface area contributed by atoms with Gasteiger partial charge in [0.25, 0.3) is 0 Å². The Morgan fingerprint density at radius 3 is 2.30 bits per heavy atom. The first kappa shape index (κ1) is 24.9. The molecule has 0 aromatic carbocycles. The maximum atomic E-state index is 12.2. The lowest BCUT2D eigenvalue weighted by molar-refractivity contribution is 0.0684. The standard InChI is InChI=1S/C25H42N4O3S/c1-3-5-21-16-26-25(27-17-21)28-10-8-22(9-11-28)24-15-23(24)19-32-18-20-6-12-29(13-7-20)33(30,31)14-4-2/h16-17,20,22-24H,3-15,18-19H2,1-2H3. The summed E-state index contributed by atoms with van der Waals surface area (Å²) in [7, 11) is -3.05. The van der Waals surface area contributed by atoms with Gasteiger partial charge in [-0.25, -0.2) is 22.7 Å². The Bertz CT molecular complexity index is 832. The van der Waals surface area contributed by atoms with Crippen LogP contribution in [0.5, 0.6) is 0 Å². The lowest BCUT2D eigenvalue weighted by Crippen LogP contribution is -2.40. The van der Waals surface area contributed by atoms with Crippen molar-refractivity contribution in [3.05, 3.63) is 18.0 Å². The molecule has 4 rings (SSSR count). The molecule has 3 aliphatic rings. The van der Waals surface area contributed by atoms with Crippen LogP contribution < -0.4 is 4.90 Å². The molecule has 1 saturated carbocycles. The van der Waals surface area contributed by atoms with Crippen LogP contribution in [0.3, 0.4) is 0 Å². The first-order chi connectivity index (χ1) is 16.0. The largest absolute Gasteiger partial charge is 0.381 e. The maximum absolute atomic E-state index is 12.2. The van der Waals surface area contributed by atoms with Crippen LogP contribution in [-0.2, 0) is 21.2 Å². The summed E-state index contributed by atoms with van der Waals surface area (Å²) in [5.41, 5.74) is 1.23. The smallest absolute Gasteiger partial charge is 0.225 e. The monoisotopic (exact) mass is 478 g/mol. The van der Waals surface area contributed by atoms with Crippen LogP contribution in [0.25, 0.3) is 0 Å². The highest BCUT2D eigenvalue weighted by molar-refractivity contribution is 7.89. The predicted molar refractivity (Wildman–Crippen MR) is 132 cm³/mol. The number of ether oxygens (including phenoxy) is 1. The zero-order valence-corrected chi connectivity index (χ0v) is 21.3. The number of aryl methyl sites for hydroxylation is 1. The van der Waals surface area contributed by atoms with E-state index in [0.717, 1.165) is 75.7 Å². The molecule has 1 aromatic heterocycles. The lowest BCUT2D eigenvalue weighted by atomic mass is 9.91. The van der Waals surface area contributed by atoms with Crippen molar-refractivity contribution in [1.82, 2.24) is 14.3 Å². The van der Waals surface area contributed by atoms with Crippen LogP contribution in [0.15, 0.2) is 12.4 Å². The number of sulfonamides is 1. The predicted octanol–water partition coefficient (Wildman–Crippen LogP) is 3.75. The Labute approximate surface area is 200 Å². The highest BCUT2D eigenvalue weighted by atomic mass is 32.2. The summed E-state index contributed by atoms with van der Waals surface area (Å²) in [5.74, 6) is 4.01. The number of anilines is 1. The molecule has 3 fully saturated rings. The van der Waals surface area contributed by atoms with Crippen LogP contribution in [0.2, 0.25) is 0 Å². The zero-order valence-electron chi connectivity index (χ0n) is 20.5. The van der Waals surface area contributed by atoms with E-state index in [2.05, 4.69) is 21.8 Å². The molecule has 3 heterocycles. The summed E-state index contributed by atoms with van der Waals surface area (Å²) < 4.78 is 32.2. The van der Waals surface area contributed by atoms with E-state index in [1.165, 1.54) is 24.8 Å². The Morgan fingerprint density at radius 2 is 1.67 bits per heavy atom. The van der Waals surface area contributed by atoms with E-state index in [-0.39, 0.29) is 5.75 Å². The number of nitrogens with zero attached hydrogens (tertiary/aromatic N) is 4. The molecule has 0 radical (unpaired) electrons. The second-order valence-electron chi connectivity index (χ2n) is 10.3. The maximum Gasteiger partial charge on any atom is 0.225 e. The minimum atomic E-state index is -3.05. The van der Waals surface area contributed by atoms with Gasteiger partial charge >= 0.3 is 0 Å².